The number of hydrogen-bond donors (Lipinski definition) is 2. The number of fused-ring (bicyclic) bond motifs is 1. The molecule has 2 rings (SSSR count). The van der Waals surface area contributed by atoms with Crippen molar-refractivity contribution < 1.29 is 19.6 Å². The second kappa shape index (κ2) is 5.74. The largest absolute Gasteiger partial charge is 0.481 e. The maximum atomic E-state index is 12.2. The predicted molar refractivity (Wildman–Crippen MR) is 75.3 cm³/mol. The van der Waals surface area contributed by atoms with Crippen molar-refractivity contribution in [3.63, 3.8) is 0 Å². The second-order valence-electron chi connectivity index (χ2n) is 5.02. The number of nitro benzene ring substituents is 1. The first kappa shape index (κ1) is 14.7. The molecule has 0 bridgehead atoms. The summed E-state index contributed by atoms with van der Waals surface area (Å²) in [4.78, 5) is 36.0. The number of nitrogens with one attached hydrogen (secondary N) is 1. The molecule has 0 amide bonds. The zero-order valence-electron chi connectivity index (χ0n) is 11.3. The number of H-pyrrole nitrogens is 1. The fourth-order valence-corrected chi connectivity index (χ4v) is 2.25. The van der Waals surface area contributed by atoms with Crippen LogP contribution in [0.4, 0.5) is 5.69 Å². The highest BCUT2D eigenvalue weighted by atomic mass is 16.6. The topological polar surface area (TPSA) is 113 Å². The van der Waals surface area contributed by atoms with E-state index >= 15 is 0 Å². The number of nitro groups is 1. The van der Waals surface area contributed by atoms with E-state index in [1.165, 1.54) is 18.3 Å². The number of hydrogen-bond acceptors (Lipinski definition) is 4. The maximum absolute atomic E-state index is 12.2. The summed E-state index contributed by atoms with van der Waals surface area (Å²) >= 11 is 0. The highest BCUT2D eigenvalue weighted by Crippen LogP contribution is 2.25. The molecule has 2 N–H and O–H groups in total. The van der Waals surface area contributed by atoms with Crippen LogP contribution in [0.15, 0.2) is 24.4 Å². The van der Waals surface area contributed by atoms with Gasteiger partial charge in [-0.15, -0.1) is 0 Å². The number of aliphatic carboxylic acids is 1. The summed E-state index contributed by atoms with van der Waals surface area (Å²) in [5, 5.41) is 20.0. The number of benzene rings is 1. The van der Waals surface area contributed by atoms with E-state index in [2.05, 4.69) is 4.98 Å². The van der Waals surface area contributed by atoms with Crippen LogP contribution in [0.25, 0.3) is 10.9 Å². The molecule has 7 heteroatoms. The molecule has 1 aromatic heterocycles. The van der Waals surface area contributed by atoms with E-state index in [-0.39, 0.29) is 30.2 Å². The molecule has 0 spiro atoms. The van der Waals surface area contributed by atoms with Gasteiger partial charge in [0.25, 0.3) is 5.69 Å². The van der Waals surface area contributed by atoms with Gasteiger partial charge in [0.05, 0.1) is 4.92 Å². The molecule has 0 radical (unpaired) electrons. The summed E-state index contributed by atoms with van der Waals surface area (Å²) in [6.07, 6.45) is 1.50. The molecule has 2 aromatic rings. The van der Waals surface area contributed by atoms with E-state index in [4.69, 9.17) is 5.11 Å². The lowest BCUT2D eigenvalue weighted by Gasteiger charge is -2.06. The fraction of sp³-hybridized carbons (Fsp3) is 0.286. The van der Waals surface area contributed by atoms with Gasteiger partial charge in [0.2, 0.25) is 0 Å². The first-order chi connectivity index (χ1) is 9.88. The van der Waals surface area contributed by atoms with E-state index < -0.39 is 10.9 Å². The van der Waals surface area contributed by atoms with Crippen LogP contribution in [0.1, 0.15) is 30.1 Å². The molecule has 0 saturated heterocycles. The summed E-state index contributed by atoms with van der Waals surface area (Å²) in [7, 11) is 0. The Balaban J connectivity index is 2.28. The second-order valence-corrected chi connectivity index (χ2v) is 5.02. The Labute approximate surface area is 119 Å². The number of non-ortho nitro benzene ring substituents is 1. The number of ketones is 1. The SMILES string of the molecule is CC(CC(=O)O)CC(=O)c1c[nH]c2ccc([N+](=O)[O-])cc12. The number of aromatic nitrogens is 1. The third-order valence-electron chi connectivity index (χ3n) is 3.23. The number of aromatic amines is 1. The van der Waals surface area contributed by atoms with Gasteiger partial charge in [-0.1, -0.05) is 6.92 Å². The summed E-state index contributed by atoms with van der Waals surface area (Å²) in [5.41, 5.74) is 0.899. The molecule has 0 aliphatic heterocycles. The highest BCUT2D eigenvalue weighted by Gasteiger charge is 2.18. The van der Waals surface area contributed by atoms with Gasteiger partial charge in [-0.25, -0.2) is 0 Å². The third kappa shape index (κ3) is 3.25. The number of nitrogens with zero attached hydrogens (tertiary/aromatic N) is 1. The molecular formula is C14H14N2O5. The molecule has 1 atom stereocenters. The van der Waals surface area contributed by atoms with E-state index in [0.717, 1.165) is 0 Å². The molecule has 7 nitrogen and oxygen atoms in total. The first-order valence-corrected chi connectivity index (χ1v) is 6.39. The lowest BCUT2D eigenvalue weighted by atomic mass is 9.97. The molecule has 0 fully saturated rings. The van der Waals surface area contributed by atoms with E-state index in [1.54, 1.807) is 13.0 Å². The van der Waals surface area contributed by atoms with Crippen LogP contribution in [0, 0.1) is 16.0 Å². The molecule has 1 aromatic carbocycles. The van der Waals surface area contributed by atoms with Crippen LogP contribution in [0.5, 0.6) is 0 Å². The van der Waals surface area contributed by atoms with E-state index in [1.807, 2.05) is 0 Å². The first-order valence-electron chi connectivity index (χ1n) is 6.39. The predicted octanol–water partition coefficient (Wildman–Crippen LogP) is 2.76. The average molecular weight is 290 g/mol. The molecule has 0 aliphatic rings. The highest BCUT2D eigenvalue weighted by molar-refractivity contribution is 6.08. The number of carbonyl (C=O) groups excluding carboxylic acids is 1. The van der Waals surface area contributed by atoms with Crippen molar-refractivity contribution >= 4 is 28.3 Å². The zero-order chi connectivity index (χ0) is 15.6. The van der Waals surface area contributed by atoms with E-state index in [0.29, 0.717) is 16.5 Å². The van der Waals surface area contributed by atoms with Crippen LogP contribution in [-0.2, 0) is 4.79 Å². The number of carboxylic acids is 1. The van der Waals surface area contributed by atoms with Gasteiger partial charge in [0, 0.05) is 47.6 Å². The van der Waals surface area contributed by atoms with Crippen LogP contribution >= 0.6 is 0 Å². The van der Waals surface area contributed by atoms with Gasteiger partial charge in [-0.2, -0.15) is 0 Å². The average Bonchev–Trinajstić information content (AvgIpc) is 2.79. The quantitative estimate of drug-likeness (QED) is 0.482. The Morgan fingerprint density at radius 3 is 2.71 bits per heavy atom. The van der Waals surface area contributed by atoms with Crippen molar-refractivity contribution in [3.8, 4) is 0 Å². The summed E-state index contributed by atoms with van der Waals surface area (Å²) in [6.45, 7) is 1.68. The van der Waals surface area contributed by atoms with Crippen molar-refractivity contribution in [1.29, 1.82) is 0 Å². The Morgan fingerprint density at radius 1 is 1.38 bits per heavy atom. The van der Waals surface area contributed by atoms with Crippen molar-refractivity contribution in [2.75, 3.05) is 0 Å². The van der Waals surface area contributed by atoms with Gasteiger partial charge in [0.1, 0.15) is 0 Å². The molecule has 21 heavy (non-hydrogen) atoms. The van der Waals surface area contributed by atoms with Crippen LogP contribution < -0.4 is 0 Å². The van der Waals surface area contributed by atoms with Crippen molar-refractivity contribution in [2.24, 2.45) is 5.92 Å². The van der Waals surface area contributed by atoms with Crippen LogP contribution in [0.3, 0.4) is 0 Å². The van der Waals surface area contributed by atoms with E-state index in [9.17, 15) is 19.7 Å². The number of carboxylic acid groups (broad SMARTS) is 1. The molecular weight excluding hydrogens is 276 g/mol. The van der Waals surface area contributed by atoms with Crippen molar-refractivity contribution in [2.45, 2.75) is 19.8 Å². The maximum Gasteiger partial charge on any atom is 0.303 e. The summed E-state index contributed by atoms with van der Waals surface area (Å²) < 4.78 is 0. The fourth-order valence-electron chi connectivity index (χ4n) is 2.25. The normalized spacial score (nSPS) is 12.2. The third-order valence-corrected chi connectivity index (χ3v) is 3.23. The summed E-state index contributed by atoms with van der Waals surface area (Å²) in [5.74, 6) is -1.47. The monoisotopic (exact) mass is 290 g/mol. The standard InChI is InChI=1S/C14H14N2O5/c1-8(5-14(18)19)4-13(17)11-7-15-12-3-2-9(16(20)21)6-10(11)12/h2-3,6-8,15H,4-5H2,1H3,(H,18,19). The minimum absolute atomic E-state index is 0.0853. The number of rotatable bonds is 6. The molecule has 0 saturated carbocycles. The van der Waals surface area contributed by atoms with Gasteiger partial charge in [0.15, 0.2) is 5.78 Å². The molecule has 1 unspecified atom stereocenters. The molecule has 0 aliphatic carbocycles. The smallest absolute Gasteiger partial charge is 0.303 e. The Hall–Kier alpha value is -2.70. The van der Waals surface area contributed by atoms with Crippen LogP contribution in [-0.4, -0.2) is 26.8 Å². The number of Topliss-reactive ketones (excluding diaryl/α,β-unsaturated/α-hetero) is 1. The number of carbonyl (C=O) groups is 2. The van der Waals surface area contributed by atoms with Crippen LogP contribution in [0.2, 0.25) is 0 Å². The Morgan fingerprint density at radius 2 is 2.10 bits per heavy atom. The zero-order valence-corrected chi connectivity index (χ0v) is 11.3. The lowest BCUT2D eigenvalue weighted by Crippen LogP contribution is -2.10. The minimum Gasteiger partial charge on any atom is -0.481 e. The minimum atomic E-state index is -0.954. The van der Waals surface area contributed by atoms with Gasteiger partial charge in [-0.3, -0.25) is 19.7 Å². The van der Waals surface area contributed by atoms with Gasteiger partial charge >= 0.3 is 5.97 Å². The van der Waals surface area contributed by atoms with Gasteiger partial charge in [-0.05, 0) is 12.0 Å². The molecule has 110 valence electrons. The van der Waals surface area contributed by atoms with Crippen molar-refractivity contribution in [3.05, 3.63) is 40.1 Å². The summed E-state index contributed by atoms with van der Waals surface area (Å²) in [6, 6.07) is 4.26. The van der Waals surface area contributed by atoms with Gasteiger partial charge < -0.3 is 10.1 Å². The Kier molecular flexibility index (Phi) is 4.02. The molecule has 1 heterocycles. The Bertz CT molecular complexity index is 719. The lowest BCUT2D eigenvalue weighted by molar-refractivity contribution is -0.384. The van der Waals surface area contributed by atoms with Crippen molar-refractivity contribution in [1.82, 2.24) is 4.98 Å².